The van der Waals surface area contributed by atoms with Crippen molar-refractivity contribution in [3.8, 4) is 0 Å². The zero-order valence-corrected chi connectivity index (χ0v) is 13.9. The number of aryl methyl sites for hydroxylation is 1. The van der Waals surface area contributed by atoms with Crippen LogP contribution in [0.1, 0.15) is 23.1 Å². The third kappa shape index (κ3) is 3.06. The van der Waals surface area contributed by atoms with Gasteiger partial charge < -0.3 is 11.1 Å². The van der Waals surface area contributed by atoms with Gasteiger partial charge in [0.25, 0.3) is 0 Å². The topological polar surface area (TPSA) is 92.5 Å². The van der Waals surface area contributed by atoms with Crippen LogP contribution in [-0.2, 0) is 13.0 Å². The van der Waals surface area contributed by atoms with Crippen molar-refractivity contribution < 1.29 is 0 Å². The third-order valence-corrected chi connectivity index (χ3v) is 4.83. The second-order valence-electron chi connectivity index (χ2n) is 5.29. The van der Waals surface area contributed by atoms with Gasteiger partial charge in [-0.2, -0.15) is 10.1 Å². The van der Waals surface area contributed by atoms with Crippen molar-refractivity contribution in [2.45, 2.75) is 32.9 Å². The monoisotopic (exact) mass is 336 g/mol. The van der Waals surface area contributed by atoms with E-state index in [4.69, 9.17) is 17.3 Å². The molecule has 0 saturated heterocycles. The first kappa shape index (κ1) is 15.2. The van der Waals surface area contributed by atoms with Gasteiger partial charge in [0.15, 0.2) is 0 Å². The molecule has 8 heteroatoms. The molecule has 116 valence electrons. The summed E-state index contributed by atoms with van der Waals surface area (Å²) in [6, 6.07) is 2.02. The number of rotatable bonds is 5. The molecule has 0 fully saturated rings. The van der Waals surface area contributed by atoms with Crippen molar-refractivity contribution in [2.75, 3.05) is 5.32 Å². The van der Waals surface area contributed by atoms with Crippen molar-refractivity contribution in [1.29, 1.82) is 0 Å². The second kappa shape index (κ2) is 6.20. The molecular formula is C14H17ClN6S. The quantitative estimate of drug-likeness (QED) is 0.623. The molecule has 0 amide bonds. The van der Waals surface area contributed by atoms with Crippen molar-refractivity contribution in [3.63, 3.8) is 0 Å². The van der Waals surface area contributed by atoms with Crippen LogP contribution in [0.2, 0.25) is 5.28 Å². The van der Waals surface area contributed by atoms with E-state index in [0.29, 0.717) is 6.54 Å². The number of fused-ring (bicyclic) bond motifs is 1. The van der Waals surface area contributed by atoms with Crippen LogP contribution in [0, 0.1) is 6.92 Å². The number of aromatic amines is 1. The lowest BCUT2D eigenvalue weighted by Gasteiger charge is -2.05. The van der Waals surface area contributed by atoms with Crippen LogP contribution in [-0.4, -0.2) is 26.2 Å². The Morgan fingerprint density at radius 2 is 2.27 bits per heavy atom. The molecule has 6 nitrogen and oxygen atoms in total. The van der Waals surface area contributed by atoms with E-state index in [1.165, 1.54) is 4.88 Å². The summed E-state index contributed by atoms with van der Waals surface area (Å²) in [5.41, 5.74) is 8.93. The number of hydrogen-bond acceptors (Lipinski definition) is 6. The first-order valence-corrected chi connectivity index (χ1v) is 8.17. The summed E-state index contributed by atoms with van der Waals surface area (Å²) < 4.78 is 1.01. The van der Waals surface area contributed by atoms with Gasteiger partial charge in [0.1, 0.15) is 5.82 Å². The molecule has 0 aliphatic carbocycles. The number of thiophene rings is 1. The van der Waals surface area contributed by atoms with E-state index in [1.54, 1.807) is 17.5 Å². The predicted molar refractivity (Wildman–Crippen MR) is 90.4 cm³/mol. The average molecular weight is 337 g/mol. The highest BCUT2D eigenvalue weighted by molar-refractivity contribution is 7.19. The van der Waals surface area contributed by atoms with Gasteiger partial charge in [0.2, 0.25) is 5.28 Å². The summed E-state index contributed by atoms with van der Waals surface area (Å²) in [4.78, 5) is 9.92. The van der Waals surface area contributed by atoms with E-state index >= 15 is 0 Å². The molecule has 0 aliphatic rings. The van der Waals surface area contributed by atoms with Crippen LogP contribution in [0.4, 0.5) is 5.82 Å². The number of halogens is 1. The van der Waals surface area contributed by atoms with Gasteiger partial charge in [-0.1, -0.05) is 0 Å². The van der Waals surface area contributed by atoms with Crippen LogP contribution in [0.25, 0.3) is 10.2 Å². The first-order chi connectivity index (χ1) is 10.5. The fourth-order valence-corrected chi connectivity index (χ4v) is 3.80. The second-order valence-corrected chi connectivity index (χ2v) is 6.73. The minimum Gasteiger partial charge on any atom is -0.363 e. The lowest BCUT2D eigenvalue weighted by Crippen LogP contribution is -2.17. The molecule has 0 aromatic carbocycles. The smallest absolute Gasteiger partial charge is 0.224 e. The highest BCUT2D eigenvalue weighted by Gasteiger charge is 2.16. The molecule has 0 aliphatic heterocycles. The third-order valence-electron chi connectivity index (χ3n) is 3.35. The molecule has 0 radical (unpaired) electrons. The Morgan fingerprint density at radius 1 is 1.45 bits per heavy atom. The van der Waals surface area contributed by atoms with Gasteiger partial charge in [-0.3, -0.25) is 5.10 Å². The zero-order chi connectivity index (χ0) is 15.7. The Kier molecular flexibility index (Phi) is 4.28. The largest absolute Gasteiger partial charge is 0.363 e. The summed E-state index contributed by atoms with van der Waals surface area (Å²) >= 11 is 7.74. The van der Waals surface area contributed by atoms with Crippen LogP contribution >= 0.6 is 22.9 Å². The Bertz CT molecular complexity index is 780. The number of anilines is 1. The Balaban J connectivity index is 1.98. The molecule has 3 aromatic heterocycles. The zero-order valence-electron chi connectivity index (χ0n) is 12.4. The summed E-state index contributed by atoms with van der Waals surface area (Å²) in [5.74, 6) is 0.744. The maximum absolute atomic E-state index is 6.07. The molecule has 3 heterocycles. The molecule has 0 unspecified atom stereocenters. The number of aromatic nitrogens is 4. The van der Waals surface area contributed by atoms with Gasteiger partial charge in [0.05, 0.1) is 22.5 Å². The molecule has 1 atom stereocenters. The summed E-state index contributed by atoms with van der Waals surface area (Å²) in [6.45, 7) is 4.65. The summed E-state index contributed by atoms with van der Waals surface area (Å²) in [5, 5.41) is 10.4. The number of nitrogens with two attached hydrogens (primary N) is 1. The first-order valence-electron chi connectivity index (χ1n) is 6.98. The summed E-state index contributed by atoms with van der Waals surface area (Å²) in [6.07, 6.45) is 2.54. The normalized spacial score (nSPS) is 12.7. The van der Waals surface area contributed by atoms with Gasteiger partial charge >= 0.3 is 0 Å². The number of H-pyrrole nitrogens is 1. The number of hydrogen-bond donors (Lipinski definition) is 3. The van der Waals surface area contributed by atoms with E-state index < -0.39 is 0 Å². The van der Waals surface area contributed by atoms with Gasteiger partial charge in [0, 0.05) is 17.1 Å². The van der Waals surface area contributed by atoms with E-state index in [0.717, 1.165) is 33.7 Å². The fraction of sp³-hybridized carbons (Fsp3) is 0.357. The molecule has 22 heavy (non-hydrogen) atoms. The van der Waals surface area contributed by atoms with Crippen LogP contribution in [0.15, 0.2) is 12.3 Å². The number of nitrogens with one attached hydrogen (secondary N) is 2. The van der Waals surface area contributed by atoms with E-state index in [2.05, 4.69) is 32.4 Å². The maximum atomic E-state index is 6.07. The fourth-order valence-electron chi connectivity index (χ4n) is 2.27. The SMILES string of the molecule is Cc1c(C[C@H](C)N)sc2c(NCc3ccn[nH]3)nc(Cl)nc12. The van der Waals surface area contributed by atoms with Crippen LogP contribution in [0.3, 0.4) is 0 Å². The van der Waals surface area contributed by atoms with E-state index in [9.17, 15) is 0 Å². The molecular weight excluding hydrogens is 320 g/mol. The molecule has 3 aromatic rings. The highest BCUT2D eigenvalue weighted by atomic mass is 35.5. The lowest BCUT2D eigenvalue weighted by atomic mass is 10.1. The lowest BCUT2D eigenvalue weighted by molar-refractivity contribution is 0.744. The van der Waals surface area contributed by atoms with Crippen molar-refractivity contribution >= 4 is 39.0 Å². The van der Waals surface area contributed by atoms with Gasteiger partial charge in [-0.25, -0.2) is 4.98 Å². The molecule has 0 saturated carbocycles. The minimum absolute atomic E-state index is 0.108. The van der Waals surface area contributed by atoms with E-state index in [1.807, 2.05) is 13.0 Å². The summed E-state index contributed by atoms with van der Waals surface area (Å²) in [7, 11) is 0. The minimum atomic E-state index is 0.108. The Morgan fingerprint density at radius 3 is 2.95 bits per heavy atom. The van der Waals surface area contributed by atoms with Gasteiger partial charge in [-0.15, -0.1) is 11.3 Å². The van der Waals surface area contributed by atoms with Gasteiger partial charge in [-0.05, 0) is 43.5 Å². The Hall–Kier alpha value is -1.70. The van der Waals surface area contributed by atoms with Crippen molar-refractivity contribution in [2.24, 2.45) is 5.73 Å². The average Bonchev–Trinajstić information content (AvgIpc) is 3.07. The molecule has 3 rings (SSSR count). The number of nitrogens with zero attached hydrogens (tertiary/aromatic N) is 3. The van der Waals surface area contributed by atoms with E-state index in [-0.39, 0.29) is 11.3 Å². The Labute approximate surface area is 137 Å². The van der Waals surface area contributed by atoms with Crippen LogP contribution < -0.4 is 11.1 Å². The predicted octanol–water partition coefficient (Wildman–Crippen LogP) is 2.88. The van der Waals surface area contributed by atoms with Crippen molar-refractivity contribution in [1.82, 2.24) is 20.2 Å². The standard InChI is InChI=1S/C14H17ClN6S/c1-7(16)5-10-8(2)11-12(22-10)13(20-14(15)19-11)17-6-9-3-4-18-21-9/h3-4,7H,5-6,16H2,1-2H3,(H,18,21)(H,17,19,20)/t7-/m0/s1. The molecule has 0 bridgehead atoms. The van der Waals surface area contributed by atoms with Crippen LogP contribution in [0.5, 0.6) is 0 Å². The molecule has 4 N–H and O–H groups in total. The maximum Gasteiger partial charge on any atom is 0.224 e. The molecule has 0 spiro atoms. The highest BCUT2D eigenvalue weighted by Crippen LogP contribution is 2.35. The van der Waals surface area contributed by atoms with Crippen molar-refractivity contribution in [3.05, 3.63) is 33.7 Å².